The highest BCUT2D eigenvalue weighted by Crippen LogP contribution is 2.50. The van der Waals surface area contributed by atoms with Gasteiger partial charge >= 0.3 is 0 Å². The lowest BCUT2D eigenvalue weighted by atomic mass is 9.80. The number of allylic oxidation sites excluding steroid dienone is 1. The first-order valence-electron chi connectivity index (χ1n) is 10.5. The van der Waals surface area contributed by atoms with Crippen molar-refractivity contribution in [3.8, 4) is 16.9 Å². The summed E-state index contributed by atoms with van der Waals surface area (Å²) in [5, 5.41) is 3.67. The Morgan fingerprint density at radius 2 is 1.73 bits per heavy atom. The number of rotatable bonds is 2. The summed E-state index contributed by atoms with van der Waals surface area (Å²) in [6, 6.07) is 17.4. The van der Waals surface area contributed by atoms with Crippen LogP contribution in [0.2, 0.25) is 0 Å². The molecule has 2 aliphatic heterocycles. The van der Waals surface area contributed by atoms with Crippen LogP contribution in [0.15, 0.2) is 60.7 Å². The normalized spacial score (nSPS) is 18.3. The van der Waals surface area contributed by atoms with Crippen LogP contribution in [-0.4, -0.2) is 5.54 Å². The number of aryl methyl sites for hydroxylation is 1. The monoisotopic (exact) mass is 398 g/mol. The van der Waals surface area contributed by atoms with Crippen LogP contribution in [0.1, 0.15) is 49.1 Å². The van der Waals surface area contributed by atoms with E-state index < -0.39 is 0 Å². The highest BCUT2D eigenvalue weighted by molar-refractivity contribution is 5.90. The Bertz CT molecular complexity index is 1170. The lowest BCUT2D eigenvalue weighted by molar-refractivity contribution is 0.202. The number of benzene rings is 3. The first-order valence-corrected chi connectivity index (χ1v) is 10.5. The standard InChI is InChI=1S/C27H26FNO/c1-16-6-5-7-22-24(16)20-12-13-21-25(17(2)15-27(3,4)29-21)26(20)23(30-22)14-18-8-10-19(28)11-9-18/h5-13,15,23,29H,14H2,1-4H3/i28-1. The summed E-state index contributed by atoms with van der Waals surface area (Å²) in [4.78, 5) is 0. The Morgan fingerprint density at radius 3 is 2.50 bits per heavy atom. The largest absolute Gasteiger partial charge is 0.485 e. The quantitative estimate of drug-likeness (QED) is 0.498. The number of nitrogens with one attached hydrogen (secondary N) is 1. The van der Waals surface area contributed by atoms with Crippen LogP contribution < -0.4 is 10.1 Å². The average Bonchev–Trinajstić information content (AvgIpc) is 2.68. The van der Waals surface area contributed by atoms with E-state index in [-0.39, 0.29) is 17.5 Å². The number of hydrogen-bond donors (Lipinski definition) is 1. The Labute approximate surface area is 177 Å². The first kappa shape index (κ1) is 18.9. The highest BCUT2D eigenvalue weighted by atomic mass is 18.2. The van der Waals surface area contributed by atoms with Gasteiger partial charge in [-0.1, -0.05) is 36.4 Å². The zero-order chi connectivity index (χ0) is 21.0. The van der Waals surface area contributed by atoms with E-state index in [0.29, 0.717) is 6.42 Å². The molecular weight excluding hydrogens is 372 g/mol. The maximum Gasteiger partial charge on any atom is 0.129 e. The topological polar surface area (TPSA) is 21.3 Å². The summed E-state index contributed by atoms with van der Waals surface area (Å²) in [7, 11) is 0. The second kappa shape index (κ2) is 6.73. The van der Waals surface area contributed by atoms with Gasteiger partial charge in [0, 0.05) is 28.8 Å². The minimum absolute atomic E-state index is 0.0961. The Morgan fingerprint density at radius 1 is 0.967 bits per heavy atom. The average molecular weight is 399 g/mol. The molecule has 1 unspecified atom stereocenters. The molecule has 0 saturated carbocycles. The molecule has 0 spiro atoms. The number of anilines is 1. The Hall–Kier alpha value is -3.07. The first-order chi connectivity index (χ1) is 14.3. The molecule has 3 aromatic carbocycles. The number of halogens is 1. The third-order valence-electron chi connectivity index (χ3n) is 6.10. The van der Waals surface area contributed by atoms with Gasteiger partial charge in [0.15, 0.2) is 0 Å². The van der Waals surface area contributed by atoms with Crippen LogP contribution in [0.4, 0.5) is 10.1 Å². The summed E-state index contributed by atoms with van der Waals surface area (Å²) >= 11 is 0. The molecule has 0 radical (unpaired) electrons. The minimum atomic E-state index is -0.215. The van der Waals surface area contributed by atoms with Crippen molar-refractivity contribution in [1.29, 1.82) is 0 Å². The van der Waals surface area contributed by atoms with Gasteiger partial charge < -0.3 is 10.1 Å². The van der Waals surface area contributed by atoms with Crippen molar-refractivity contribution in [3.63, 3.8) is 0 Å². The van der Waals surface area contributed by atoms with Crippen molar-refractivity contribution >= 4 is 11.3 Å². The molecule has 0 bridgehead atoms. The summed E-state index contributed by atoms with van der Waals surface area (Å²) in [5.74, 6) is 0.701. The van der Waals surface area contributed by atoms with E-state index >= 15 is 0 Å². The zero-order valence-corrected chi connectivity index (χ0v) is 17.8. The molecule has 2 heterocycles. The van der Waals surface area contributed by atoms with Gasteiger partial charge in [-0.2, -0.15) is 0 Å². The predicted molar refractivity (Wildman–Crippen MR) is 121 cm³/mol. The molecule has 2 nitrogen and oxygen atoms in total. The predicted octanol–water partition coefficient (Wildman–Crippen LogP) is 7.08. The van der Waals surface area contributed by atoms with Crippen molar-refractivity contribution in [1.82, 2.24) is 0 Å². The number of ether oxygens (including phenoxy) is 1. The van der Waals surface area contributed by atoms with E-state index in [1.165, 1.54) is 45.5 Å². The lowest BCUT2D eigenvalue weighted by Gasteiger charge is -2.37. The van der Waals surface area contributed by atoms with Gasteiger partial charge in [-0.3, -0.25) is 0 Å². The van der Waals surface area contributed by atoms with Gasteiger partial charge in [0.1, 0.15) is 17.7 Å². The molecule has 2 aliphatic rings. The van der Waals surface area contributed by atoms with Gasteiger partial charge in [-0.05, 0) is 74.2 Å². The molecule has 5 rings (SSSR count). The molecule has 0 aromatic heterocycles. The second-order valence-corrected chi connectivity index (χ2v) is 9.01. The summed E-state index contributed by atoms with van der Waals surface area (Å²) < 4.78 is 20.0. The van der Waals surface area contributed by atoms with E-state index in [2.05, 4.69) is 57.3 Å². The van der Waals surface area contributed by atoms with Crippen molar-refractivity contribution < 1.29 is 9.13 Å². The van der Waals surface area contributed by atoms with E-state index in [0.717, 1.165) is 17.0 Å². The summed E-state index contributed by atoms with van der Waals surface area (Å²) in [6.45, 7) is 8.69. The fourth-order valence-corrected chi connectivity index (χ4v) is 4.97. The van der Waals surface area contributed by atoms with Crippen LogP contribution in [0.25, 0.3) is 16.7 Å². The molecule has 0 amide bonds. The maximum atomic E-state index is 13.4. The van der Waals surface area contributed by atoms with Gasteiger partial charge in [-0.25, -0.2) is 4.39 Å². The zero-order valence-electron chi connectivity index (χ0n) is 17.8. The van der Waals surface area contributed by atoms with E-state index in [1.807, 2.05) is 24.3 Å². The molecule has 0 aliphatic carbocycles. The Kier molecular flexibility index (Phi) is 4.25. The number of hydrogen-bond acceptors (Lipinski definition) is 2. The maximum absolute atomic E-state index is 13.4. The van der Waals surface area contributed by atoms with E-state index in [1.54, 1.807) is 0 Å². The molecule has 0 saturated heterocycles. The van der Waals surface area contributed by atoms with Crippen LogP contribution in [-0.2, 0) is 6.42 Å². The van der Waals surface area contributed by atoms with E-state index in [9.17, 15) is 4.39 Å². The van der Waals surface area contributed by atoms with Gasteiger partial charge in [-0.15, -0.1) is 0 Å². The van der Waals surface area contributed by atoms with Crippen molar-refractivity contribution in [2.75, 3.05) is 5.32 Å². The SMILES string of the molecule is CC1=CC(C)(C)Nc2ccc3c(c21)C(Cc1ccc([18F])cc1)Oc1cccc(C)c1-3. The van der Waals surface area contributed by atoms with Gasteiger partial charge in [0.25, 0.3) is 0 Å². The van der Waals surface area contributed by atoms with Crippen LogP contribution in [0.5, 0.6) is 5.75 Å². The second-order valence-electron chi connectivity index (χ2n) is 9.01. The molecule has 0 fully saturated rings. The molecule has 152 valence electrons. The molecule has 1 atom stereocenters. The highest BCUT2D eigenvalue weighted by Gasteiger charge is 2.34. The van der Waals surface area contributed by atoms with Crippen molar-refractivity contribution in [2.45, 2.75) is 45.8 Å². The van der Waals surface area contributed by atoms with Crippen molar-refractivity contribution in [3.05, 3.63) is 88.7 Å². The summed E-state index contributed by atoms with van der Waals surface area (Å²) in [5.41, 5.74) is 9.42. The van der Waals surface area contributed by atoms with E-state index in [4.69, 9.17) is 4.74 Å². The molecular formula is C27H26FNO. The Balaban J connectivity index is 1.72. The van der Waals surface area contributed by atoms with Crippen LogP contribution in [0, 0.1) is 12.7 Å². The third kappa shape index (κ3) is 3.09. The summed E-state index contributed by atoms with van der Waals surface area (Å²) in [6.07, 6.45) is 2.84. The lowest BCUT2D eigenvalue weighted by Crippen LogP contribution is -2.32. The molecule has 3 aromatic rings. The van der Waals surface area contributed by atoms with Crippen molar-refractivity contribution in [2.24, 2.45) is 0 Å². The van der Waals surface area contributed by atoms with Crippen LogP contribution >= 0.6 is 0 Å². The fraction of sp³-hybridized carbons (Fsp3) is 0.259. The van der Waals surface area contributed by atoms with Crippen LogP contribution in [0.3, 0.4) is 0 Å². The minimum Gasteiger partial charge on any atom is -0.485 e. The van der Waals surface area contributed by atoms with Gasteiger partial charge in [0.2, 0.25) is 0 Å². The molecule has 3 heteroatoms. The number of fused-ring (bicyclic) bond motifs is 5. The van der Waals surface area contributed by atoms with Gasteiger partial charge in [0.05, 0.1) is 5.54 Å². The third-order valence-corrected chi connectivity index (χ3v) is 6.10. The molecule has 30 heavy (non-hydrogen) atoms. The molecule has 1 N–H and O–H groups in total. The fourth-order valence-electron chi connectivity index (χ4n) is 4.97. The smallest absolute Gasteiger partial charge is 0.129 e.